The van der Waals surface area contributed by atoms with Gasteiger partial charge in [0.1, 0.15) is 0 Å². The molecular weight excluding hydrogens is 264 g/mol. The van der Waals surface area contributed by atoms with Crippen molar-refractivity contribution in [2.24, 2.45) is 0 Å². The number of aryl methyl sites for hydroxylation is 1. The number of nitrogens with zero attached hydrogens (tertiary/aromatic N) is 2. The fraction of sp³-hybridized carbons (Fsp3) is 0.176. The minimum Gasteiger partial charge on any atom is -0.289 e. The summed E-state index contributed by atoms with van der Waals surface area (Å²) in [7, 11) is 0. The molecule has 0 saturated heterocycles. The first kappa shape index (κ1) is 13.4. The minimum atomic E-state index is -0.0917. The molecule has 0 spiro atoms. The Morgan fingerprint density at radius 2 is 1.67 bits per heavy atom. The molecule has 4 heteroatoms. The van der Waals surface area contributed by atoms with Crippen molar-refractivity contribution in [3.8, 4) is 0 Å². The summed E-state index contributed by atoms with van der Waals surface area (Å²) in [6, 6.07) is 8.82. The van der Waals surface area contributed by atoms with Gasteiger partial charge in [0.15, 0.2) is 11.6 Å². The smallest absolute Gasteiger partial charge is 0.190 e. The second-order valence-corrected chi connectivity index (χ2v) is 5.21. The van der Waals surface area contributed by atoms with Gasteiger partial charge < -0.3 is 0 Å². The highest BCUT2D eigenvalue weighted by molar-refractivity contribution is 6.26. The number of carbonyl (C=O) groups is 2. The van der Waals surface area contributed by atoms with Crippen LogP contribution in [0.1, 0.15) is 38.9 Å². The second-order valence-electron chi connectivity index (χ2n) is 5.21. The first-order chi connectivity index (χ1) is 10.1. The van der Waals surface area contributed by atoms with Crippen LogP contribution in [0.4, 0.5) is 0 Å². The van der Waals surface area contributed by atoms with Crippen molar-refractivity contribution >= 4 is 11.6 Å². The zero-order valence-electron chi connectivity index (χ0n) is 11.9. The summed E-state index contributed by atoms with van der Waals surface area (Å²) in [6.45, 7) is 3.62. The number of benzene rings is 1. The first-order valence-electron chi connectivity index (χ1n) is 6.74. The third-order valence-electron chi connectivity index (χ3n) is 3.68. The summed E-state index contributed by atoms with van der Waals surface area (Å²) in [5.74, 6) is -0.174. The van der Waals surface area contributed by atoms with Gasteiger partial charge in [0.05, 0.1) is 11.9 Å². The standard InChI is InChI=1S/C17H14N2O2/c1-10-7-12(19-18-9-10)8-15-11(2)16(20)13-5-3-4-6-14(13)17(15)21/h3-7,9H,8H2,1-2H3. The normalized spacial score (nSPS) is 14.4. The number of allylic oxidation sites excluding steroid dienone is 2. The van der Waals surface area contributed by atoms with Gasteiger partial charge in [-0.05, 0) is 25.5 Å². The van der Waals surface area contributed by atoms with Crippen molar-refractivity contribution in [2.45, 2.75) is 20.3 Å². The number of hydrogen-bond acceptors (Lipinski definition) is 4. The van der Waals surface area contributed by atoms with Crippen LogP contribution in [0.15, 0.2) is 47.7 Å². The van der Waals surface area contributed by atoms with E-state index in [1.165, 1.54) is 0 Å². The van der Waals surface area contributed by atoms with Crippen LogP contribution in [0.3, 0.4) is 0 Å². The zero-order chi connectivity index (χ0) is 15.0. The zero-order valence-corrected chi connectivity index (χ0v) is 11.9. The summed E-state index contributed by atoms with van der Waals surface area (Å²) >= 11 is 0. The van der Waals surface area contributed by atoms with Gasteiger partial charge >= 0.3 is 0 Å². The molecular formula is C17H14N2O2. The van der Waals surface area contributed by atoms with Crippen molar-refractivity contribution in [3.63, 3.8) is 0 Å². The van der Waals surface area contributed by atoms with Crippen molar-refractivity contribution in [1.82, 2.24) is 10.2 Å². The van der Waals surface area contributed by atoms with Gasteiger partial charge in [0.25, 0.3) is 0 Å². The van der Waals surface area contributed by atoms with Crippen LogP contribution in [-0.2, 0) is 6.42 Å². The van der Waals surface area contributed by atoms with Crippen LogP contribution in [0, 0.1) is 6.92 Å². The van der Waals surface area contributed by atoms with E-state index in [4.69, 9.17) is 0 Å². The Balaban J connectivity index is 2.05. The van der Waals surface area contributed by atoms with E-state index >= 15 is 0 Å². The van der Waals surface area contributed by atoms with Gasteiger partial charge in [-0.1, -0.05) is 24.3 Å². The molecule has 21 heavy (non-hydrogen) atoms. The maximum absolute atomic E-state index is 12.6. The van der Waals surface area contributed by atoms with Crippen LogP contribution in [-0.4, -0.2) is 21.8 Å². The van der Waals surface area contributed by atoms with E-state index in [2.05, 4.69) is 10.2 Å². The third-order valence-corrected chi connectivity index (χ3v) is 3.68. The molecule has 104 valence electrons. The van der Waals surface area contributed by atoms with Gasteiger partial charge in [-0.25, -0.2) is 0 Å². The van der Waals surface area contributed by atoms with E-state index in [9.17, 15) is 9.59 Å². The van der Waals surface area contributed by atoms with E-state index in [1.807, 2.05) is 13.0 Å². The van der Waals surface area contributed by atoms with E-state index in [0.29, 0.717) is 34.4 Å². The molecule has 0 bridgehead atoms. The number of hydrogen-bond donors (Lipinski definition) is 0. The van der Waals surface area contributed by atoms with Crippen LogP contribution in [0.5, 0.6) is 0 Å². The van der Waals surface area contributed by atoms with Crippen molar-refractivity contribution in [1.29, 1.82) is 0 Å². The molecule has 0 amide bonds. The third kappa shape index (κ3) is 2.29. The average molecular weight is 278 g/mol. The molecule has 4 nitrogen and oxygen atoms in total. The summed E-state index contributed by atoms with van der Waals surface area (Å²) in [6.07, 6.45) is 1.99. The Labute approximate surface area is 122 Å². The predicted octanol–water partition coefficient (Wildman–Crippen LogP) is 2.72. The highest BCUT2D eigenvalue weighted by Crippen LogP contribution is 2.27. The Morgan fingerprint density at radius 3 is 2.33 bits per heavy atom. The SMILES string of the molecule is CC1=C(Cc2cc(C)cnn2)C(=O)c2ccccc2C1=O. The molecule has 1 aromatic heterocycles. The average Bonchev–Trinajstić information content (AvgIpc) is 2.49. The predicted molar refractivity (Wildman–Crippen MR) is 78.3 cm³/mol. The molecule has 0 saturated carbocycles. The van der Waals surface area contributed by atoms with Crippen LogP contribution in [0.2, 0.25) is 0 Å². The van der Waals surface area contributed by atoms with Crippen LogP contribution < -0.4 is 0 Å². The molecule has 0 fully saturated rings. The number of carbonyl (C=O) groups excluding carboxylic acids is 2. The molecule has 0 atom stereocenters. The Bertz CT molecular complexity index is 791. The first-order valence-corrected chi connectivity index (χ1v) is 6.74. The highest BCUT2D eigenvalue weighted by atomic mass is 16.1. The number of fused-ring (bicyclic) bond motifs is 1. The summed E-state index contributed by atoms with van der Waals surface area (Å²) in [5.41, 5.74) is 3.65. The highest BCUT2D eigenvalue weighted by Gasteiger charge is 2.29. The monoisotopic (exact) mass is 278 g/mol. The summed E-state index contributed by atoms with van der Waals surface area (Å²) in [5, 5.41) is 7.93. The lowest BCUT2D eigenvalue weighted by Crippen LogP contribution is -2.22. The number of Topliss-reactive ketones (excluding diaryl/α,β-unsaturated/α-hetero) is 2. The Morgan fingerprint density at radius 1 is 1.00 bits per heavy atom. The Kier molecular flexibility index (Phi) is 3.22. The fourth-order valence-corrected chi connectivity index (χ4v) is 2.55. The quantitative estimate of drug-likeness (QED) is 0.847. The molecule has 2 aromatic rings. The van der Waals surface area contributed by atoms with Gasteiger partial charge in [0.2, 0.25) is 0 Å². The fourth-order valence-electron chi connectivity index (χ4n) is 2.55. The molecule has 0 N–H and O–H groups in total. The number of rotatable bonds is 2. The van der Waals surface area contributed by atoms with Gasteiger partial charge in [-0.15, -0.1) is 0 Å². The van der Waals surface area contributed by atoms with E-state index in [-0.39, 0.29) is 11.6 Å². The topological polar surface area (TPSA) is 59.9 Å². The molecule has 0 radical (unpaired) electrons. The van der Waals surface area contributed by atoms with E-state index < -0.39 is 0 Å². The second kappa shape index (κ2) is 5.05. The van der Waals surface area contributed by atoms with Gasteiger partial charge in [0, 0.05) is 28.7 Å². The van der Waals surface area contributed by atoms with Crippen molar-refractivity contribution in [3.05, 3.63) is 70.1 Å². The minimum absolute atomic E-state index is 0.0826. The molecule has 1 aliphatic carbocycles. The maximum Gasteiger partial charge on any atom is 0.190 e. The molecule has 0 unspecified atom stereocenters. The van der Waals surface area contributed by atoms with E-state index in [0.717, 1.165) is 5.56 Å². The largest absolute Gasteiger partial charge is 0.289 e. The molecule has 1 aromatic carbocycles. The number of ketones is 2. The lowest BCUT2D eigenvalue weighted by atomic mass is 9.83. The lowest BCUT2D eigenvalue weighted by Gasteiger charge is -2.18. The van der Waals surface area contributed by atoms with Crippen molar-refractivity contribution < 1.29 is 9.59 Å². The molecule has 0 aliphatic heterocycles. The van der Waals surface area contributed by atoms with E-state index in [1.54, 1.807) is 37.4 Å². The van der Waals surface area contributed by atoms with Crippen molar-refractivity contribution in [2.75, 3.05) is 0 Å². The maximum atomic E-state index is 12.6. The summed E-state index contributed by atoms with van der Waals surface area (Å²) < 4.78 is 0. The summed E-state index contributed by atoms with van der Waals surface area (Å²) in [4.78, 5) is 25.0. The van der Waals surface area contributed by atoms with Gasteiger partial charge in [-0.2, -0.15) is 10.2 Å². The van der Waals surface area contributed by atoms with Gasteiger partial charge in [-0.3, -0.25) is 9.59 Å². The Hall–Kier alpha value is -2.62. The number of aromatic nitrogens is 2. The van der Waals surface area contributed by atoms with Crippen LogP contribution in [0.25, 0.3) is 0 Å². The molecule has 1 heterocycles. The van der Waals surface area contributed by atoms with Crippen LogP contribution >= 0.6 is 0 Å². The lowest BCUT2D eigenvalue weighted by molar-refractivity contribution is 0.0973. The molecule has 1 aliphatic rings. The molecule has 3 rings (SSSR count).